The quantitative estimate of drug-likeness (QED) is 0.836. The summed E-state index contributed by atoms with van der Waals surface area (Å²) in [4.78, 5) is 13.6. The molecular weight excluding hydrogens is 229 g/mol. The molecule has 0 radical (unpaired) electrons. The molecule has 0 aliphatic rings. The van der Waals surface area contributed by atoms with E-state index >= 15 is 0 Å². The first-order valence-corrected chi connectivity index (χ1v) is 3.72. The number of nitriles is 1. The lowest BCUT2D eigenvalue weighted by molar-refractivity contribution is -0.276. The van der Waals surface area contributed by atoms with Crippen molar-refractivity contribution in [3.63, 3.8) is 0 Å². The first-order chi connectivity index (χ1) is 7.33. The number of carboxylic acid groups (broad SMARTS) is 1. The molecular formula is C8H3F3N2O3. The summed E-state index contributed by atoms with van der Waals surface area (Å²) in [7, 11) is 0. The van der Waals surface area contributed by atoms with Crippen molar-refractivity contribution >= 4 is 5.97 Å². The SMILES string of the molecule is N#Cc1cc(C(=O)O)cnc1OC(F)(F)F. The first kappa shape index (κ1) is 11.8. The van der Waals surface area contributed by atoms with Crippen LogP contribution in [0.2, 0.25) is 0 Å². The summed E-state index contributed by atoms with van der Waals surface area (Å²) in [6.07, 6.45) is -4.31. The standard InChI is InChI=1S/C8H3F3N2O3/c9-8(10,11)16-6-4(2-12)1-5(3-13-6)7(14)15/h1,3H,(H,14,15). The Morgan fingerprint density at radius 1 is 1.56 bits per heavy atom. The molecule has 1 aromatic rings. The third-order valence-corrected chi connectivity index (χ3v) is 1.43. The summed E-state index contributed by atoms with van der Waals surface area (Å²) in [5.74, 6) is -2.37. The number of alkyl halides is 3. The molecule has 0 spiro atoms. The van der Waals surface area contributed by atoms with Gasteiger partial charge in [-0.15, -0.1) is 13.2 Å². The number of carbonyl (C=O) groups is 1. The number of halogens is 3. The lowest BCUT2D eigenvalue weighted by Gasteiger charge is -2.08. The predicted octanol–water partition coefficient (Wildman–Crippen LogP) is 1.55. The van der Waals surface area contributed by atoms with Gasteiger partial charge in [0.1, 0.15) is 11.6 Å². The van der Waals surface area contributed by atoms with E-state index < -0.39 is 29.3 Å². The zero-order valence-electron chi connectivity index (χ0n) is 7.45. The summed E-state index contributed by atoms with van der Waals surface area (Å²) in [6.45, 7) is 0. The minimum atomic E-state index is -4.98. The summed E-state index contributed by atoms with van der Waals surface area (Å²) in [5.41, 5.74) is -0.997. The van der Waals surface area contributed by atoms with Crippen LogP contribution in [0.3, 0.4) is 0 Å². The molecule has 0 atom stereocenters. The molecule has 5 nitrogen and oxygen atoms in total. The highest BCUT2D eigenvalue weighted by Crippen LogP contribution is 2.24. The van der Waals surface area contributed by atoms with Gasteiger partial charge in [-0.3, -0.25) is 0 Å². The van der Waals surface area contributed by atoms with E-state index in [1.54, 1.807) is 0 Å². The lowest BCUT2D eigenvalue weighted by Crippen LogP contribution is -2.19. The fraction of sp³-hybridized carbons (Fsp3) is 0.125. The molecule has 16 heavy (non-hydrogen) atoms. The number of hydrogen-bond acceptors (Lipinski definition) is 4. The Morgan fingerprint density at radius 2 is 2.19 bits per heavy atom. The summed E-state index contributed by atoms with van der Waals surface area (Å²) < 4.78 is 38.9. The number of hydrogen-bond donors (Lipinski definition) is 1. The van der Waals surface area contributed by atoms with Gasteiger partial charge >= 0.3 is 12.3 Å². The third-order valence-electron chi connectivity index (χ3n) is 1.43. The molecule has 1 rings (SSSR count). The highest BCUT2D eigenvalue weighted by Gasteiger charge is 2.33. The van der Waals surface area contributed by atoms with Crippen LogP contribution < -0.4 is 4.74 Å². The molecule has 84 valence electrons. The van der Waals surface area contributed by atoms with E-state index in [2.05, 4.69) is 9.72 Å². The van der Waals surface area contributed by atoms with Crippen molar-refractivity contribution in [2.45, 2.75) is 6.36 Å². The number of rotatable bonds is 2. The van der Waals surface area contributed by atoms with Gasteiger partial charge in [-0.2, -0.15) is 5.26 Å². The Kier molecular flexibility index (Phi) is 2.99. The molecule has 0 fully saturated rings. The molecule has 0 amide bonds. The Morgan fingerprint density at radius 3 is 2.62 bits per heavy atom. The molecule has 1 aromatic heterocycles. The Bertz CT molecular complexity index is 465. The Balaban J connectivity index is 3.14. The zero-order chi connectivity index (χ0) is 12.3. The van der Waals surface area contributed by atoms with Gasteiger partial charge < -0.3 is 9.84 Å². The average molecular weight is 232 g/mol. The van der Waals surface area contributed by atoms with Crippen molar-refractivity contribution in [3.8, 4) is 11.9 Å². The monoisotopic (exact) mass is 232 g/mol. The highest BCUT2D eigenvalue weighted by atomic mass is 19.4. The van der Waals surface area contributed by atoms with Crippen molar-refractivity contribution < 1.29 is 27.8 Å². The largest absolute Gasteiger partial charge is 0.574 e. The molecule has 1 heterocycles. The van der Waals surface area contributed by atoms with Crippen LogP contribution in [0.4, 0.5) is 13.2 Å². The summed E-state index contributed by atoms with van der Waals surface area (Å²) >= 11 is 0. The second-order valence-corrected chi connectivity index (χ2v) is 2.54. The van der Waals surface area contributed by atoms with Gasteiger partial charge in [0.25, 0.3) is 0 Å². The second kappa shape index (κ2) is 4.06. The molecule has 8 heteroatoms. The second-order valence-electron chi connectivity index (χ2n) is 2.54. The molecule has 0 aliphatic heterocycles. The number of carboxylic acids is 1. The predicted molar refractivity (Wildman–Crippen MR) is 42.6 cm³/mol. The van der Waals surface area contributed by atoms with Crippen molar-refractivity contribution in [1.82, 2.24) is 4.98 Å². The van der Waals surface area contributed by atoms with Crippen LogP contribution in [0.15, 0.2) is 12.3 Å². The molecule has 0 aromatic carbocycles. The topological polar surface area (TPSA) is 83.2 Å². The normalized spacial score (nSPS) is 10.6. The highest BCUT2D eigenvalue weighted by molar-refractivity contribution is 5.87. The lowest BCUT2D eigenvalue weighted by atomic mass is 10.2. The number of aromatic nitrogens is 1. The smallest absolute Gasteiger partial charge is 0.478 e. The van der Waals surface area contributed by atoms with Crippen LogP contribution in [0.25, 0.3) is 0 Å². The van der Waals surface area contributed by atoms with Crippen LogP contribution in [-0.4, -0.2) is 22.4 Å². The van der Waals surface area contributed by atoms with Crippen LogP contribution in [-0.2, 0) is 0 Å². The van der Waals surface area contributed by atoms with Gasteiger partial charge in [-0.1, -0.05) is 0 Å². The number of pyridine rings is 1. The van der Waals surface area contributed by atoms with E-state index in [0.717, 1.165) is 6.07 Å². The Labute approximate surface area is 86.7 Å². The van der Waals surface area contributed by atoms with E-state index in [-0.39, 0.29) is 0 Å². The summed E-state index contributed by atoms with van der Waals surface area (Å²) in [5, 5.41) is 17.0. The van der Waals surface area contributed by atoms with Gasteiger partial charge in [0.2, 0.25) is 5.88 Å². The van der Waals surface area contributed by atoms with Gasteiger partial charge in [0, 0.05) is 6.20 Å². The fourth-order valence-electron chi connectivity index (χ4n) is 0.840. The number of aromatic carboxylic acids is 1. The maximum atomic E-state index is 11.8. The van der Waals surface area contributed by atoms with Crippen LogP contribution in [0, 0.1) is 11.3 Å². The van der Waals surface area contributed by atoms with Gasteiger partial charge in [-0.25, -0.2) is 9.78 Å². The van der Waals surface area contributed by atoms with Crippen LogP contribution in [0.5, 0.6) is 5.88 Å². The minimum Gasteiger partial charge on any atom is -0.478 e. The maximum Gasteiger partial charge on any atom is 0.574 e. The molecule has 0 aliphatic carbocycles. The molecule has 0 saturated carbocycles. The molecule has 0 bridgehead atoms. The van der Waals surface area contributed by atoms with E-state index in [0.29, 0.717) is 6.20 Å². The van der Waals surface area contributed by atoms with Crippen molar-refractivity contribution in [2.24, 2.45) is 0 Å². The zero-order valence-corrected chi connectivity index (χ0v) is 7.45. The maximum absolute atomic E-state index is 11.8. The van der Waals surface area contributed by atoms with E-state index in [4.69, 9.17) is 10.4 Å². The number of nitrogens with zero attached hydrogens (tertiary/aromatic N) is 2. The molecule has 0 saturated heterocycles. The average Bonchev–Trinajstić information content (AvgIpc) is 2.15. The van der Waals surface area contributed by atoms with Crippen molar-refractivity contribution in [1.29, 1.82) is 5.26 Å². The molecule has 0 unspecified atom stereocenters. The third kappa shape index (κ3) is 2.84. The van der Waals surface area contributed by atoms with E-state index in [1.165, 1.54) is 6.07 Å². The number of ether oxygens (including phenoxy) is 1. The first-order valence-electron chi connectivity index (χ1n) is 3.72. The fourth-order valence-corrected chi connectivity index (χ4v) is 0.840. The van der Waals surface area contributed by atoms with E-state index in [1.807, 2.05) is 0 Å². The van der Waals surface area contributed by atoms with Crippen molar-refractivity contribution in [3.05, 3.63) is 23.4 Å². The summed E-state index contributed by atoms with van der Waals surface area (Å²) in [6, 6.07) is 2.11. The van der Waals surface area contributed by atoms with Crippen molar-refractivity contribution in [2.75, 3.05) is 0 Å². The van der Waals surface area contributed by atoms with Crippen LogP contribution in [0.1, 0.15) is 15.9 Å². The Hall–Kier alpha value is -2.30. The molecule has 1 N–H and O–H groups in total. The van der Waals surface area contributed by atoms with Crippen LogP contribution >= 0.6 is 0 Å². The van der Waals surface area contributed by atoms with Gasteiger partial charge in [0.05, 0.1) is 5.56 Å². The van der Waals surface area contributed by atoms with Gasteiger partial charge in [-0.05, 0) is 6.07 Å². The van der Waals surface area contributed by atoms with Gasteiger partial charge in [0.15, 0.2) is 0 Å². The van der Waals surface area contributed by atoms with E-state index in [9.17, 15) is 18.0 Å². The minimum absolute atomic E-state index is 0.397.